The number of hydrogen-bond acceptors (Lipinski definition) is 3. The van der Waals surface area contributed by atoms with Crippen molar-refractivity contribution in [2.45, 2.75) is 57.7 Å². The molecule has 0 aliphatic heterocycles. The fraction of sp³-hybridized carbons (Fsp3) is 0.375. The van der Waals surface area contributed by atoms with E-state index in [0.717, 1.165) is 11.1 Å². The predicted octanol–water partition coefficient (Wildman–Crippen LogP) is 6.88. The summed E-state index contributed by atoms with van der Waals surface area (Å²) in [7, 11) is -2.15. The highest BCUT2D eigenvalue weighted by Crippen LogP contribution is 2.41. The van der Waals surface area contributed by atoms with Crippen LogP contribution in [0.4, 0.5) is 4.79 Å². The molecule has 0 saturated carbocycles. The van der Waals surface area contributed by atoms with Crippen molar-refractivity contribution in [1.29, 1.82) is 0 Å². The summed E-state index contributed by atoms with van der Waals surface area (Å²) in [6.45, 7) is 15.0. The molecule has 0 aliphatic rings. The lowest BCUT2D eigenvalue weighted by molar-refractivity contribution is 0.116. The van der Waals surface area contributed by atoms with Crippen LogP contribution in [-0.4, -0.2) is 20.5 Å². The Balaban J connectivity index is 2.21. The number of ether oxygens (including phenoxy) is 1. The molecule has 1 N–H and O–H groups in total. The first kappa shape index (κ1) is 24.2. The van der Waals surface area contributed by atoms with E-state index >= 15 is 0 Å². The number of amides is 1. The Morgan fingerprint density at radius 2 is 1.83 bits per heavy atom. The van der Waals surface area contributed by atoms with Gasteiger partial charge in [-0.2, -0.15) is 0 Å². The lowest BCUT2D eigenvalue weighted by atomic mass is 10.0. The Hall–Kier alpha value is -2.08. The van der Waals surface area contributed by atoms with Gasteiger partial charge in [0.1, 0.15) is 6.61 Å². The zero-order valence-corrected chi connectivity index (χ0v) is 20.2. The molecule has 0 aliphatic carbocycles. The summed E-state index contributed by atoms with van der Waals surface area (Å²) >= 11 is 6.24. The Labute approximate surface area is 186 Å². The number of rotatable bonds is 8. The van der Waals surface area contributed by atoms with Gasteiger partial charge in [-0.1, -0.05) is 80.9 Å². The van der Waals surface area contributed by atoms with E-state index in [4.69, 9.17) is 20.8 Å². The second kappa shape index (κ2) is 10.3. The van der Waals surface area contributed by atoms with E-state index in [-0.39, 0.29) is 11.6 Å². The second-order valence-corrected chi connectivity index (χ2v) is 14.0. The molecule has 2 atom stereocenters. The van der Waals surface area contributed by atoms with Crippen LogP contribution in [0.1, 0.15) is 38.0 Å². The fourth-order valence-corrected chi connectivity index (χ4v) is 4.16. The van der Waals surface area contributed by atoms with Gasteiger partial charge < -0.3 is 14.5 Å². The summed E-state index contributed by atoms with van der Waals surface area (Å²) in [6.07, 6.45) is 0.739. The van der Waals surface area contributed by atoms with Crippen LogP contribution in [-0.2, 0) is 15.8 Å². The van der Waals surface area contributed by atoms with Crippen LogP contribution in [0.25, 0.3) is 0 Å². The minimum Gasteiger partial charge on any atom is -0.445 e. The lowest BCUT2D eigenvalue weighted by Crippen LogP contribution is -2.47. The van der Waals surface area contributed by atoms with E-state index in [1.807, 2.05) is 54.6 Å². The monoisotopic (exact) mass is 445 g/mol. The number of alkyl carbamates (subject to hydrolysis) is 1. The molecule has 0 bridgehead atoms. The van der Waals surface area contributed by atoms with Crippen molar-refractivity contribution in [2.75, 3.05) is 0 Å². The largest absolute Gasteiger partial charge is 0.445 e. The number of carbonyl (C=O) groups is 1. The van der Waals surface area contributed by atoms with Gasteiger partial charge in [0.15, 0.2) is 8.32 Å². The molecule has 2 rings (SSSR count). The average molecular weight is 446 g/mol. The normalized spacial score (nSPS) is 13.9. The molecule has 0 aromatic heterocycles. The third kappa shape index (κ3) is 6.72. The Bertz CT molecular complexity index is 849. The molecular weight excluding hydrogens is 414 g/mol. The van der Waals surface area contributed by atoms with Gasteiger partial charge in [-0.3, -0.25) is 0 Å². The third-order valence-electron chi connectivity index (χ3n) is 5.48. The summed E-state index contributed by atoms with van der Waals surface area (Å²) in [5.74, 6) is 0. The minimum absolute atomic E-state index is 0.00334. The molecular formula is C24H32ClNO3Si. The molecule has 0 fully saturated rings. The number of hydrogen-bond donors (Lipinski definition) is 1. The summed E-state index contributed by atoms with van der Waals surface area (Å²) in [5.41, 5.74) is 1.81. The lowest BCUT2D eigenvalue weighted by Gasteiger charge is -2.41. The molecule has 30 heavy (non-hydrogen) atoms. The van der Waals surface area contributed by atoms with E-state index < -0.39 is 26.6 Å². The molecule has 0 spiro atoms. The van der Waals surface area contributed by atoms with E-state index in [1.165, 1.54) is 0 Å². The van der Waals surface area contributed by atoms with Gasteiger partial charge in [0.05, 0.1) is 12.1 Å². The van der Waals surface area contributed by atoms with Crippen molar-refractivity contribution < 1.29 is 14.0 Å². The van der Waals surface area contributed by atoms with Crippen LogP contribution >= 0.6 is 11.6 Å². The van der Waals surface area contributed by atoms with Gasteiger partial charge in [-0.15, -0.1) is 6.58 Å². The number of nitrogens with one attached hydrogen (secondary N) is 1. The van der Waals surface area contributed by atoms with Gasteiger partial charge in [0.25, 0.3) is 0 Å². The van der Waals surface area contributed by atoms with E-state index in [2.05, 4.69) is 45.8 Å². The van der Waals surface area contributed by atoms with Crippen molar-refractivity contribution in [2.24, 2.45) is 0 Å². The molecule has 0 radical (unpaired) electrons. The molecule has 2 aromatic rings. The average Bonchev–Trinajstić information content (AvgIpc) is 2.69. The Morgan fingerprint density at radius 3 is 2.40 bits per heavy atom. The van der Waals surface area contributed by atoms with E-state index in [1.54, 1.807) is 6.08 Å². The molecule has 2 unspecified atom stereocenters. The first-order chi connectivity index (χ1) is 14.0. The van der Waals surface area contributed by atoms with Crippen LogP contribution < -0.4 is 5.32 Å². The number of benzene rings is 2. The van der Waals surface area contributed by atoms with E-state index in [9.17, 15) is 4.79 Å². The number of carbonyl (C=O) groups excluding carboxylic acids is 1. The highest BCUT2D eigenvalue weighted by Gasteiger charge is 2.41. The van der Waals surface area contributed by atoms with Crippen LogP contribution in [0.2, 0.25) is 23.2 Å². The van der Waals surface area contributed by atoms with Gasteiger partial charge in [0, 0.05) is 5.02 Å². The topological polar surface area (TPSA) is 47.6 Å². The van der Waals surface area contributed by atoms with Crippen LogP contribution in [0.3, 0.4) is 0 Å². The summed E-state index contributed by atoms with van der Waals surface area (Å²) < 4.78 is 12.1. The zero-order valence-electron chi connectivity index (χ0n) is 18.4. The van der Waals surface area contributed by atoms with Crippen molar-refractivity contribution in [3.05, 3.63) is 83.4 Å². The standard InChI is InChI=1S/C24H32ClNO3Si/c1-7-21(26-23(27)28-17-18-12-9-8-10-13-18)22(19-14-11-15-20(25)16-19)29-30(5,6)24(2,3)4/h7-16,21-22H,1,17H2,2-6H3,(H,26,27). The number of halogens is 1. The highest BCUT2D eigenvalue weighted by molar-refractivity contribution is 6.74. The van der Waals surface area contributed by atoms with E-state index in [0.29, 0.717) is 5.02 Å². The van der Waals surface area contributed by atoms with Gasteiger partial charge in [-0.05, 0) is 41.4 Å². The smallest absolute Gasteiger partial charge is 0.408 e. The molecule has 2 aromatic carbocycles. The maximum Gasteiger partial charge on any atom is 0.408 e. The van der Waals surface area contributed by atoms with Gasteiger partial charge in [-0.25, -0.2) is 4.79 Å². The van der Waals surface area contributed by atoms with Gasteiger partial charge in [0.2, 0.25) is 0 Å². The predicted molar refractivity (Wildman–Crippen MR) is 126 cm³/mol. The SMILES string of the molecule is C=CC(NC(=O)OCc1ccccc1)C(O[Si](C)(C)C(C)(C)C)c1cccc(Cl)c1. The van der Waals surface area contributed by atoms with Crippen molar-refractivity contribution in [3.8, 4) is 0 Å². The zero-order chi connectivity index (χ0) is 22.4. The highest BCUT2D eigenvalue weighted by atomic mass is 35.5. The van der Waals surface area contributed by atoms with Crippen LogP contribution in [0, 0.1) is 0 Å². The van der Waals surface area contributed by atoms with Crippen LogP contribution in [0.5, 0.6) is 0 Å². The molecule has 1 amide bonds. The van der Waals surface area contributed by atoms with Crippen molar-refractivity contribution in [3.63, 3.8) is 0 Å². The summed E-state index contributed by atoms with van der Waals surface area (Å²) in [4.78, 5) is 12.5. The van der Waals surface area contributed by atoms with Crippen molar-refractivity contribution >= 4 is 26.0 Å². The molecule has 6 heteroatoms. The summed E-state index contributed by atoms with van der Waals surface area (Å²) in [5, 5.41) is 3.52. The maximum absolute atomic E-state index is 12.5. The molecule has 4 nitrogen and oxygen atoms in total. The van der Waals surface area contributed by atoms with Crippen LogP contribution in [0.15, 0.2) is 67.3 Å². The third-order valence-corrected chi connectivity index (χ3v) is 10.2. The first-order valence-electron chi connectivity index (χ1n) is 10.1. The van der Waals surface area contributed by atoms with Crippen molar-refractivity contribution in [1.82, 2.24) is 5.32 Å². The molecule has 0 saturated heterocycles. The Morgan fingerprint density at radius 1 is 1.17 bits per heavy atom. The second-order valence-electron chi connectivity index (χ2n) is 8.82. The first-order valence-corrected chi connectivity index (χ1v) is 13.3. The molecule has 0 heterocycles. The quantitative estimate of drug-likeness (QED) is 0.355. The minimum atomic E-state index is -2.15. The van der Waals surface area contributed by atoms with Gasteiger partial charge >= 0.3 is 6.09 Å². The fourth-order valence-electron chi connectivity index (χ4n) is 2.69. The summed E-state index contributed by atoms with van der Waals surface area (Å²) in [6, 6.07) is 16.6. The maximum atomic E-state index is 12.5. The molecule has 162 valence electrons. The Kier molecular flexibility index (Phi) is 8.30.